The van der Waals surface area contributed by atoms with Gasteiger partial charge in [-0.1, -0.05) is 90.4 Å². The second kappa shape index (κ2) is 14.6. The summed E-state index contributed by atoms with van der Waals surface area (Å²) < 4.78 is 0. The van der Waals surface area contributed by atoms with Crippen LogP contribution in [0.25, 0.3) is 0 Å². The summed E-state index contributed by atoms with van der Waals surface area (Å²) in [6, 6.07) is 0. The normalized spacial score (nSPS) is 17.0. The van der Waals surface area contributed by atoms with E-state index in [9.17, 15) is 5.11 Å². The molecule has 0 aromatic rings. The van der Waals surface area contributed by atoms with Crippen LogP contribution in [0.5, 0.6) is 0 Å². The van der Waals surface area contributed by atoms with Gasteiger partial charge in [0.1, 0.15) is 4.93 Å². The van der Waals surface area contributed by atoms with Crippen molar-refractivity contribution in [2.75, 3.05) is 5.75 Å². The first-order valence-electron chi connectivity index (χ1n) is 10.6. The molecule has 0 atom stereocenters. The smallest absolute Gasteiger partial charge is 0.110 e. The van der Waals surface area contributed by atoms with E-state index in [1.165, 1.54) is 103 Å². The number of thioether (sulfide) groups is 1. The molecule has 23 heavy (non-hydrogen) atoms. The highest BCUT2D eigenvalue weighted by Crippen LogP contribution is 2.39. The van der Waals surface area contributed by atoms with E-state index in [1.807, 2.05) is 11.8 Å². The van der Waals surface area contributed by atoms with Gasteiger partial charge in [0, 0.05) is 0 Å². The third kappa shape index (κ3) is 12.3. The highest BCUT2D eigenvalue weighted by molar-refractivity contribution is 8.00. The molecule has 1 fully saturated rings. The zero-order chi connectivity index (χ0) is 16.6. The quantitative estimate of drug-likeness (QED) is 0.232. The lowest BCUT2D eigenvalue weighted by Crippen LogP contribution is -2.19. The summed E-state index contributed by atoms with van der Waals surface area (Å²) in [7, 11) is 0. The van der Waals surface area contributed by atoms with Crippen LogP contribution < -0.4 is 0 Å². The predicted octanol–water partition coefficient (Wildman–Crippen LogP) is 7.46. The fraction of sp³-hybridized carbons (Fsp3) is 1.00. The minimum Gasteiger partial charge on any atom is -0.380 e. The van der Waals surface area contributed by atoms with Gasteiger partial charge in [-0.05, 0) is 37.9 Å². The Morgan fingerprint density at radius 2 is 1.04 bits per heavy atom. The Morgan fingerprint density at radius 1 is 0.652 bits per heavy atom. The van der Waals surface area contributed by atoms with Crippen LogP contribution in [0.15, 0.2) is 0 Å². The molecule has 0 aromatic carbocycles. The van der Waals surface area contributed by atoms with Gasteiger partial charge in [0.05, 0.1) is 0 Å². The lowest BCUT2D eigenvalue weighted by Gasteiger charge is -2.20. The van der Waals surface area contributed by atoms with Crippen molar-refractivity contribution >= 4 is 11.8 Å². The molecule has 2 heteroatoms. The van der Waals surface area contributed by atoms with Crippen LogP contribution in [-0.4, -0.2) is 15.8 Å². The lowest BCUT2D eigenvalue weighted by atomic mass is 10.0. The Kier molecular flexibility index (Phi) is 13.6. The van der Waals surface area contributed by atoms with Crippen LogP contribution in [0.3, 0.4) is 0 Å². The molecule has 0 unspecified atom stereocenters. The fourth-order valence-corrected chi connectivity index (χ4v) is 4.94. The van der Waals surface area contributed by atoms with Gasteiger partial charge >= 0.3 is 0 Å². The van der Waals surface area contributed by atoms with E-state index >= 15 is 0 Å². The van der Waals surface area contributed by atoms with Crippen molar-refractivity contribution in [2.24, 2.45) is 0 Å². The number of aliphatic hydroxyl groups is 1. The SMILES string of the molecule is CCCCCCCCCCCCCCCCSC1(O)CCCC1. The van der Waals surface area contributed by atoms with Gasteiger partial charge in [-0.3, -0.25) is 0 Å². The summed E-state index contributed by atoms with van der Waals surface area (Å²) in [6.45, 7) is 2.29. The molecule has 1 N–H and O–H groups in total. The Labute approximate surface area is 150 Å². The van der Waals surface area contributed by atoms with Crippen LogP contribution in [0.2, 0.25) is 0 Å². The van der Waals surface area contributed by atoms with Gasteiger partial charge in [0.2, 0.25) is 0 Å². The molecule has 1 aliphatic carbocycles. The van der Waals surface area contributed by atoms with E-state index in [4.69, 9.17) is 0 Å². The average molecular weight is 343 g/mol. The van der Waals surface area contributed by atoms with Gasteiger partial charge in [0.15, 0.2) is 0 Å². The van der Waals surface area contributed by atoms with Gasteiger partial charge in [-0.25, -0.2) is 0 Å². The van der Waals surface area contributed by atoms with E-state index < -0.39 is 0 Å². The summed E-state index contributed by atoms with van der Waals surface area (Å²) in [5.41, 5.74) is 0. The van der Waals surface area contributed by atoms with Crippen LogP contribution in [-0.2, 0) is 0 Å². The molecule has 1 aliphatic rings. The van der Waals surface area contributed by atoms with E-state index in [2.05, 4.69) is 6.92 Å². The van der Waals surface area contributed by atoms with Gasteiger partial charge in [-0.15, -0.1) is 11.8 Å². The largest absolute Gasteiger partial charge is 0.380 e. The van der Waals surface area contributed by atoms with Crippen LogP contribution >= 0.6 is 11.8 Å². The summed E-state index contributed by atoms with van der Waals surface area (Å²) in [5.74, 6) is 1.16. The Hall–Kier alpha value is 0.310. The number of hydrogen-bond acceptors (Lipinski definition) is 2. The molecule has 0 bridgehead atoms. The standard InChI is InChI=1S/C21H42OS/c1-2-3-4-5-6-7-8-9-10-11-12-13-14-17-20-23-21(22)18-15-16-19-21/h22H,2-20H2,1H3. The fourth-order valence-electron chi connectivity index (χ4n) is 3.63. The topological polar surface area (TPSA) is 20.2 Å². The summed E-state index contributed by atoms with van der Waals surface area (Å²) in [6.07, 6.45) is 24.4. The first-order valence-corrected chi connectivity index (χ1v) is 11.6. The van der Waals surface area contributed by atoms with Gasteiger partial charge in [-0.2, -0.15) is 0 Å². The number of rotatable bonds is 16. The van der Waals surface area contributed by atoms with Crippen molar-refractivity contribution in [1.82, 2.24) is 0 Å². The molecule has 1 rings (SSSR count). The molecule has 0 aromatic heterocycles. The Balaban J connectivity index is 1.70. The maximum Gasteiger partial charge on any atom is 0.110 e. The Bertz CT molecular complexity index is 248. The maximum absolute atomic E-state index is 10.3. The molecule has 1 saturated carbocycles. The molecule has 138 valence electrons. The van der Waals surface area contributed by atoms with Crippen molar-refractivity contribution in [3.05, 3.63) is 0 Å². The summed E-state index contributed by atoms with van der Waals surface area (Å²) in [4.78, 5) is -0.351. The highest BCUT2D eigenvalue weighted by Gasteiger charge is 2.30. The summed E-state index contributed by atoms with van der Waals surface area (Å²) >= 11 is 1.83. The van der Waals surface area contributed by atoms with Crippen molar-refractivity contribution in [3.63, 3.8) is 0 Å². The summed E-state index contributed by atoms with van der Waals surface area (Å²) in [5, 5.41) is 10.3. The maximum atomic E-state index is 10.3. The average Bonchev–Trinajstić information content (AvgIpc) is 2.98. The predicted molar refractivity (Wildman–Crippen MR) is 106 cm³/mol. The monoisotopic (exact) mass is 342 g/mol. The van der Waals surface area contributed by atoms with Crippen molar-refractivity contribution in [1.29, 1.82) is 0 Å². The first-order chi connectivity index (χ1) is 11.3. The third-order valence-corrected chi connectivity index (χ3v) is 6.69. The van der Waals surface area contributed by atoms with E-state index in [-0.39, 0.29) is 4.93 Å². The van der Waals surface area contributed by atoms with Gasteiger partial charge in [0.25, 0.3) is 0 Å². The molecule has 1 nitrogen and oxygen atoms in total. The van der Waals surface area contributed by atoms with Crippen molar-refractivity contribution in [2.45, 2.75) is 127 Å². The van der Waals surface area contributed by atoms with E-state index in [1.54, 1.807) is 0 Å². The van der Waals surface area contributed by atoms with E-state index in [0.29, 0.717) is 0 Å². The third-order valence-electron chi connectivity index (χ3n) is 5.25. The lowest BCUT2D eigenvalue weighted by molar-refractivity contribution is 0.145. The molecular formula is C21H42OS. The van der Waals surface area contributed by atoms with Crippen molar-refractivity contribution < 1.29 is 5.11 Å². The highest BCUT2D eigenvalue weighted by atomic mass is 32.2. The molecule has 0 spiro atoms. The molecule has 0 radical (unpaired) electrons. The molecule has 0 heterocycles. The van der Waals surface area contributed by atoms with E-state index in [0.717, 1.165) is 18.6 Å². The van der Waals surface area contributed by atoms with Crippen LogP contribution in [0.1, 0.15) is 122 Å². The number of unbranched alkanes of at least 4 members (excludes halogenated alkanes) is 13. The Morgan fingerprint density at radius 3 is 1.48 bits per heavy atom. The second-order valence-corrected chi connectivity index (χ2v) is 9.05. The van der Waals surface area contributed by atoms with Gasteiger partial charge < -0.3 is 5.11 Å². The minimum absolute atomic E-state index is 0.351. The zero-order valence-electron chi connectivity index (χ0n) is 15.8. The zero-order valence-corrected chi connectivity index (χ0v) is 16.6. The van der Waals surface area contributed by atoms with Crippen LogP contribution in [0.4, 0.5) is 0 Å². The first kappa shape index (κ1) is 21.4. The van der Waals surface area contributed by atoms with Crippen LogP contribution in [0, 0.1) is 0 Å². The molecular weight excluding hydrogens is 300 g/mol. The molecule has 0 amide bonds. The van der Waals surface area contributed by atoms with Crippen molar-refractivity contribution in [3.8, 4) is 0 Å². The second-order valence-electron chi connectivity index (χ2n) is 7.60. The molecule has 0 aliphatic heterocycles. The minimum atomic E-state index is -0.351. The number of hydrogen-bond donors (Lipinski definition) is 1. The molecule has 0 saturated heterocycles.